The van der Waals surface area contributed by atoms with Gasteiger partial charge < -0.3 is 14.2 Å². The lowest BCUT2D eigenvalue weighted by Crippen LogP contribution is -2.30. The molecule has 0 saturated carbocycles. The van der Waals surface area contributed by atoms with E-state index in [-0.39, 0.29) is 37.5 Å². The topological polar surface area (TPSA) is 78.9 Å². The maximum Gasteiger partial charge on any atom is 0.306 e. The Hall–Kier alpha value is -3.67. The van der Waals surface area contributed by atoms with Gasteiger partial charge in [-0.1, -0.05) is 240 Å². The second kappa shape index (κ2) is 56.9. The number of carbonyl (C=O) groups is 3. The van der Waals surface area contributed by atoms with Gasteiger partial charge in [-0.25, -0.2) is 0 Å². The van der Waals surface area contributed by atoms with Gasteiger partial charge in [0.1, 0.15) is 13.2 Å². The van der Waals surface area contributed by atoms with Gasteiger partial charge >= 0.3 is 17.9 Å². The van der Waals surface area contributed by atoms with E-state index in [0.29, 0.717) is 19.3 Å². The van der Waals surface area contributed by atoms with Crippen LogP contribution in [0, 0.1) is 0 Å². The van der Waals surface area contributed by atoms with Crippen LogP contribution in [0.1, 0.15) is 265 Å². The molecule has 0 aliphatic rings. The molecule has 0 radical (unpaired) electrons. The molecule has 69 heavy (non-hydrogen) atoms. The Morgan fingerprint density at radius 1 is 0.304 bits per heavy atom. The molecule has 0 aromatic heterocycles. The number of ether oxygens (including phenoxy) is 3. The molecule has 0 unspecified atom stereocenters. The Kier molecular flexibility index (Phi) is 53.9. The van der Waals surface area contributed by atoms with E-state index in [0.717, 1.165) is 103 Å². The summed E-state index contributed by atoms with van der Waals surface area (Å²) in [5.74, 6) is -0.970. The minimum atomic E-state index is -0.811. The number of carbonyl (C=O) groups excluding carboxylic acids is 3. The summed E-state index contributed by atoms with van der Waals surface area (Å²) < 4.78 is 16.8. The second-order valence-corrected chi connectivity index (χ2v) is 18.8. The molecule has 0 heterocycles. The average molecular weight is 960 g/mol. The first-order chi connectivity index (χ1) is 34.0. The Morgan fingerprint density at radius 3 is 0.942 bits per heavy atom. The summed E-state index contributed by atoms with van der Waals surface area (Å²) in [6.45, 7) is 6.45. The maximum absolute atomic E-state index is 12.8. The van der Waals surface area contributed by atoms with Gasteiger partial charge in [-0.3, -0.25) is 14.4 Å². The highest BCUT2D eigenvalue weighted by molar-refractivity contribution is 5.71. The van der Waals surface area contributed by atoms with E-state index >= 15 is 0 Å². The molecule has 0 saturated heterocycles. The number of hydrogen-bond donors (Lipinski definition) is 0. The van der Waals surface area contributed by atoms with Crippen molar-refractivity contribution < 1.29 is 28.6 Å². The van der Waals surface area contributed by atoms with Crippen molar-refractivity contribution in [1.29, 1.82) is 0 Å². The van der Waals surface area contributed by atoms with Crippen LogP contribution in [-0.2, 0) is 28.6 Å². The minimum Gasteiger partial charge on any atom is -0.462 e. The summed E-state index contributed by atoms with van der Waals surface area (Å²) >= 11 is 0. The monoisotopic (exact) mass is 959 g/mol. The van der Waals surface area contributed by atoms with E-state index in [2.05, 4.69) is 118 Å². The van der Waals surface area contributed by atoms with E-state index in [9.17, 15) is 14.4 Å². The zero-order valence-corrected chi connectivity index (χ0v) is 45.0. The van der Waals surface area contributed by atoms with E-state index < -0.39 is 6.10 Å². The molecule has 0 aliphatic carbocycles. The Balaban J connectivity index is 4.48. The highest BCUT2D eigenvalue weighted by Gasteiger charge is 2.19. The molecule has 0 aromatic rings. The summed E-state index contributed by atoms with van der Waals surface area (Å²) in [6, 6.07) is 0. The van der Waals surface area contributed by atoms with Crippen molar-refractivity contribution in [3.63, 3.8) is 0 Å². The van der Waals surface area contributed by atoms with Crippen molar-refractivity contribution in [1.82, 2.24) is 0 Å². The van der Waals surface area contributed by atoms with Gasteiger partial charge in [-0.15, -0.1) is 0 Å². The number of allylic oxidation sites excluding steroid dienone is 16. The molecule has 0 fully saturated rings. The van der Waals surface area contributed by atoms with Gasteiger partial charge in [0.05, 0.1) is 0 Å². The lowest BCUT2D eigenvalue weighted by atomic mass is 10.0. The van der Waals surface area contributed by atoms with Gasteiger partial charge in [0.2, 0.25) is 0 Å². The molecule has 0 aromatic carbocycles. The Labute approximate surface area is 426 Å². The third kappa shape index (κ3) is 55.1. The number of esters is 3. The third-order valence-electron chi connectivity index (χ3n) is 12.1. The van der Waals surface area contributed by atoms with Crippen molar-refractivity contribution in [3.05, 3.63) is 97.2 Å². The molecule has 0 N–H and O–H groups in total. The largest absolute Gasteiger partial charge is 0.462 e. The lowest BCUT2D eigenvalue weighted by molar-refractivity contribution is -0.167. The van der Waals surface area contributed by atoms with Crippen molar-refractivity contribution in [2.75, 3.05) is 13.2 Å². The van der Waals surface area contributed by atoms with Crippen molar-refractivity contribution in [3.8, 4) is 0 Å². The highest BCUT2D eigenvalue weighted by Crippen LogP contribution is 2.15. The first kappa shape index (κ1) is 65.3. The van der Waals surface area contributed by atoms with E-state index in [1.807, 2.05) is 0 Å². The van der Waals surface area contributed by atoms with Gasteiger partial charge in [0.15, 0.2) is 6.10 Å². The van der Waals surface area contributed by atoms with Gasteiger partial charge in [-0.05, 0) is 103 Å². The van der Waals surface area contributed by atoms with E-state index in [1.54, 1.807) is 0 Å². The zero-order valence-electron chi connectivity index (χ0n) is 45.0. The SMILES string of the molecule is CC/C=C\C/C=C\C/C=C\C/C=C\C/C=C\CCCCCC(=O)OC[C@H](COC(=O)CCCCCCCCCCCCCCCCCCC)OC(=O)CCCC/C=C\C/C=C\C/C=C\CCCCC. The average Bonchev–Trinajstić information content (AvgIpc) is 3.35. The molecule has 6 heteroatoms. The normalized spacial score (nSPS) is 12.8. The molecule has 0 amide bonds. The third-order valence-corrected chi connectivity index (χ3v) is 12.1. The maximum atomic E-state index is 12.8. The predicted molar refractivity (Wildman–Crippen MR) is 297 cm³/mol. The molecule has 0 aliphatic heterocycles. The van der Waals surface area contributed by atoms with E-state index in [4.69, 9.17) is 14.2 Å². The first-order valence-electron chi connectivity index (χ1n) is 28.7. The van der Waals surface area contributed by atoms with Crippen molar-refractivity contribution in [2.45, 2.75) is 271 Å². The molecular weight excluding hydrogens is 853 g/mol. The minimum absolute atomic E-state index is 0.102. The number of unbranched alkanes of at least 4 members (excludes halogenated alkanes) is 24. The Bertz CT molecular complexity index is 1380. The molecule has 1 atom stereocenters. The van der Waals surface area contributed by atoms with Crippen molar-refractivity contribution in [2.24, 2.45) is 0 Å². The van der Waals surface area contributed by atoms with E-state index in [1.165, 1.54) is 116 Å². The molecule has 6 nitrogen and oxygen atoms in total. The number of hydrogen-bond acceptors (Lipinski definition) is 6. The molecule has 394 valence electrons. The molecule has 0 spiro atoms. The van der Waals surface area contributed by atoms with Crippen molar-refractivity contribution >= 4 is 17.9 Å². The zero-order chi connectivity index (χ0) is 50.0. The lowest BCUT2D eigenvalue weighted by Gasteiger charge is -2.18. The summed E-state index contributed by atoms with van der Waals surface area (Å²) in [4.78, 5) is 38.1. The Morgan fingerprint density at radius 2 is 0.565 bits per heavy atom. The fourth-order valence-electron chi connectivity index (χ4n) is 7.77. The molecular formula is C63H106O6. The van der Waals surface area contributed by atoms with Crippen LogP contribution in [0.5, 0.6) is 0 Å². The fraction of sp³-hybridized carbons (Fsp3) is 0.698. The highest BCUT2D eigenvalue weighted by atomic mass is 16.6. The van der Waals surface area contributed by atoms with Gasteiger partial charge in [0.25, 0.3) is 0 Å². The number of rotatable bonds is 51. The standard InChI is InChI=1S/C63H106O6/c1-4-7-10-13-16-19-22-25-28-30-31-33-36-38-41-44-47-50-53-56-62(65)68-59-60(69-63(66)57-54-51-48-45-42-39-34-27-24-21-18-15-12-9-6-3)58-67-61(64)55-52-49-46-43-40-37-35-32-29-26-23-20-17-14-11-8-5-2/h7,10,16,18-19,21,25,27-28,31,33-34,38,41-42,45,60H,4-6,8-9,11-15,17,20,22-24,26,29-30,32,35-37,39-40,43-44,46-59H2,1-3H3/b10-7-,19-16-,21-18-,28-25-,33-31-,34-27-,41-38-,45-42-/t60-/m0/s1. The van der Waals surface area contributed by atoms with Crippen LogP contribution in [0.15, 0.2) is 97.2 Å². The van der Waals surface area contributed by atoms with Crippen LogP contribution < -0.4 is 0 Å². The molecule has 0 bridgehead atoms. The predicted octanol–water partition coefficient (Wildman–Crippen LogP) is 19.3. The first-order valence-corrected chi connectivity index (χ1v) is 28.7. The summed E-state index contributed by atoms with van der Waals surface area (Å²) in [5, 5.41) is 0. The van der Waals surface area contributed by atoms with Gasteiger partial charge in [-0.2, -0.15) is 0 Å². The van der Waals surface area contributed by atoms with Crippen LogP contribution in [0.4, 0.5) is 0 Å². The summed E-state index contributed by atoms with van der Waals surface area (Å²) in [5.41, 5.74) is 0. The fourth-order valence-corrected chi connectivity index (χ4v) is 7.77. The van der Waals surface area contributed by atoms with Crippen LogP contribution in [0.25, 0.3) is 0 Å². The van der Waals surface area contributed by atoms with Gasteiger partial charge in [0, 0.05) is 19.3 Å². The van der Waals surface area contributed by atoms with Crippen LogP contribution in [-0.4, -0.2) is 37.2 Å². The summed E-state index contributed by atoms with van der Waals surface area (Å²) in [7, 11) is 0. The van der Waals surface area contributed by atoms with Crippen LogP contribution in [0.3, 0.4) is 0 Å². The second-order valence-electron chi connectivity index (χ2n) is 18.8. The smallest absolute Gasteiger partial charge is 0.306 e. The van der Waals surface area contributed by atoms with Crippen LogP contribution >= 0.6 is 0 Å². The summed E-state index contributed by atoms with van der Waals surface area (Å²) in [6.07, 6.45) is 75.4. The van der Waals surface area contributed by atoms with Crippen LogP contribution in [0.2, 0.25) is 0 Å². The molecule has 0 rings (SSSR count). The quantitative estimate of drug-likeness (QED) is 0.0262.